The number of carbonyl (C=O) groups excluding carboxylic acids is 1. The van der Waals surface area contributed by atoms with E-state index in [1.165, 1.54) is 19.5 Å². The Morgan fingerprint density at radius 1 is 1.20 bits per heavy atom. The second-order valence-electron chi connectivity index (χ2n) is 3.97. The summed E-state index contributed by atoms with van der Waals surface area (Å²) in [5, 5.41) is 3.27. The highest BCUT2D eigenvalue weighted by molar-refractivity contribution is 6.37. The molecule has 2 rings (SSSR count). The average molecular weight is 312 g/mol. The summed E-state index contributed by atoms with van der Waals surface area (Å²) in [6.07, 6.45) is 2.92. The molecule has 104 valence electrons. The molecule has 5 nitrogen and oxygen atoms in total. The fourth-order valence-corrected chi connectivity index (χ4v) is 2.17. The van der Waals surface area contributed by atoms with E-state index >= 15 is 0 Å². The number of rotatable bonds is 3. The molecule has 1 aromatic heterocycles. The molecule has 0 atom stereocenters. The van der Waals surface area contributed by atoms with Crippen molar-refractivity contribution in [3.63, 3.8) is 0 Å². The Morgan fingerprint density at radius 3 is 2.35 bits per heavy atom. The van der Waals surface area contributed by atoms with Crippen LogP contribution >= 0.6 is 23.2 Å². The van der Waals surface area contributed by atoms with E-state index in [4.69, 9.17) is 27.9 Å². The minimum Gasteiger partial charge on any atom is -0.494 e. The maximum absolute atomic E-state index is 12.0. The molecule has 0 bridgehead atoms. The van der Waals surface area contributed by atoms with Crippen LogP contribution in [0.3, 0.4) is 0 Å². The number of ether oxygens (including phenoxy) is 1. The highest BCUT2D eigenvalue weighted by Gasteiger charge is 2.12. The molecule has 2 aromatic rings. The van der Waals surface area contributed by atoms with Gasteiger partial charge < -0.3 is 10.1 Å². The van der Waals surface area contributed by atoms with E-state index in [-0.39, 0.29) is 5.69 Å². The van der Waals surface area contributed by atoms with Crippen LogP contribution < -0.4 is 10.1 Å². The van der Waals surface area contributed by atoms with Crippen molar-refractivity contribution in [3.8, 4) is 5.75 Å². The molecule has 1 aromatic carbocycles. The zero-order valence-corrected chi connectivity index (χ0v) is 12.3. The van der Waals surface area contributed by atoms with Crippen LogP contribution in [0.25, 0.3) is 0 Å². The molecule has 0 aliphatic heterocycles. The second kappa shape index (κ2) is 6.07. The first kappa shape index (κ1) is 14.6. The van der Waals surface area contributed by atoms with Gasteiger partial charge in [0.05, 0.1) is 29.0 Å². The zero-order valence-electron chi connectivity index (χ0n) is 10.8. The quantitative estimate of drug-likeness (QED) is 0.944. The third-order valence-corrected chi connectivity index (χ3v) is 3.04. The van der Waals surface area contributed by atoms with Gasteiger partial charge in [0, 0.05) is 11.9 Å². The molecular weight excluding hydrogens is 301 g/mol. The van der Waals surface area contributed by atoms with Crippen LogP contribution in [0.15, 0.2) is 24.5 Å². The van der Waals surface area contributed by atoms with Gasteiger partial charge in [-0.25, -0.2) is 4.98 Å². The van der Waals surface area contributed by atoms with Crippen LogP contribution in [-0.2, 0) is 0 Å². The molecule has 20 heavy (non-hydrogen) atoms. The van der Waals surface area contributed by atoms with Crippen molar-refractivity contribution in [2.24, 2.45) is 0 Å². The first-order valence-electron chi connectivity index (χ1n) is 5.64. The number of amides is 1. The fraction of sp³-hybridized carbons (Fsp3) is 0.154. The standard InChI is InChI=1S/C13H11Cl2N3O2/c1-7-5-17-11(6-16-7)13(19)18-8-3-9(14)12(20-2)10(15)4-8/h3-6H,1-2H3,(H,18,19). The summed E-state index contributed by atoms with van der Waals surface area (Å²) in [5.74, 6) is -0.0312. The monoisotopic (exact) mass is 311 g/mol. The minimum atomic E-state index is -0.394. The molecule has 0 fully saturated rings. The highest BCUT2D eigenvalue weighted by Crippen LogP contribution is 2.35. The third-order valence-electron chi connectivity index (χ3n) is 2.47. The summed E-state index contributed by atoms with van der Waals surface area (Å²) in [7, 11) is 1.47. The molecule has 1 N–H and O–H groups in total. The molecule has 0 spiro atoms. The van der Waals surface area contributed by atoms with Crippen LogP contribution in [0, 0.1) is 6.92 Å². The number of hydrogen-bond donors (Lipinski definition) is 1. The molecule has 0 saturated carbocycles. The van der Waals surface area contributed by atoms with Gasteiger partial charge in [-0.05, 0) is 19.1 Å². The number of hydrogen-bond acceptors (Lipinski definition) is 4. The van der Waals surface area contributed by atoms with Gasteiger partial charge in [0.15, 0.2) is 5.75 Å². The van der Waals surface area contributed by atoms with Gasteiger partial charge in [-0.1, -0.05) is 23.2 Å². The lowest BCUT2D eigenvalue weighted by molar-refractivity contribution is 0.102. The van der Waals surface area contributed by atoms with E-state index in [0.29, 0.717) is 21.5 Å². The topological polar surface area (TPSA) is 64.1 Å². The molecule has 0 saturated heterocycles. The van der Waals surface area contributed by atoms with E-state index in [2.05, 4.69) is 15.3 Å². The smallest absolute Gasteiger partial charge is 0.275 e. The van der Waals surface area contributed by atoms with Crippen LogP contribution in [0.5, 0.6) is 5.75 Å². The molecule has 0 unspecified atom stereocenters. The number of nitrogens with zero attached hydrogens (tertiary/aromatic N) is 2. The maximum atomic E-state index is 12.0. The lowest BCUT2D eigenvalue weighted by Gasteiger charge is -2.09. The lowest BCUT2D eigenvalue weighted by Crippen LogP contribution is -2.14. The largest absolute Gasteiger partial charge is 0.494 e. The van der Waals surface area contributed by atoms with E-state index in [1.54, 1.807) is 19.1 Å². The Bertz CT molecular complexity index is 622. The summed E-state index contributed by atoms with van der Waals surface area (Å²) in [6, 6.07) is 3.09. The number of carbonyl (C=O) groups is 1. The Morgan fingerprint density at radius 2 is 1.85 bits per heavy atom. The highest BCUT2D eigenvalue weighted by atomic mass is 35.5. The summed E-state index contributed by atoms with van der Waals surface area (Å²) in [4.78, 5) is 20.0. The summed E-state index contributed by atoms with van der Waals surface area (Å²) in [5.41, 5.74) is 1.39. The van der Waals surface area contributed by atoms with Crippen molar-refractivity contribution >= 4 is 34.8 Å². The van der Waals surface area contributed by atoms with Crippen molar-refractivity contribution < 1.29 is 9.53 Å². The van der Waals surface area contributed by atoms with Crippen molar-refractivity contribution in [2.75, 3.05) is 12.4 Å². The average Bonchev–Trinajstić information content (AvgIpc) is 2.39. The first-order chi connectivity index (χ1) is 9.51. The molecule has 7 heteroatoms. The van der Waals surface area contributed by atoms with Crippen molar-refractivity contribution in [2.45, 2.75) is 6.92 Å². The van der Waals surface area contributed by atoms with Crippen LogP contribution in [-0.4, -0.2) is 23.0 Å². The number of methoxy groups -OCH3 is 1. The predicted molar refractivity (Wildman–Crippen MR) is 77.7 cm³/mol. The third kappa shape index (κ3) is 3.18. The van der Waals surface area contributed by atoms with Crippen LogP contribution in [0.4, 0.5) is 5.69 Å². The van der Waals surface area contributed by atoms with Gasteiger partial charge in [0.1, 0.15) is 5.69 Å². The normalized spacial score (nSPS) is 10.2. The minimum absolute atomic E-state index is 0.207. The molecule has 1 amide bonds. The molecular formula is C13H11Cl2N3O2. The van der Waals surface area contributed by atoms with Crippen molar-refractivity contribution in [3.05, 3.63) is 46.0 Å². The Labute approximate surface area is 125 Å². The Balaban J connectivity index is 2.22. The van der Waals surface area contributed by atoms with E-state index < -0.39 is 5.91 Å². The van der Waals surface area contributed by atoms with Gasteiger partial charge in [0.2, 0.25) is 0 Å². The number of aromatic nitrogens is 2. The molecule has 0 aliphatic carbocycles. The zero-order chi connectivity index (χ0) is 14.7. The summed E-state index contributed by atoms with van der Waals surface area (Å²) >= 11 is 12.0. The SMILES string of the molecule is COc1c(Cl)cc(NC(=O)c2cnc(C)cn2)cc1Cl. The van der Waals surface area contributed by atoms with Gasteiger partial charge in [0.25, 0.3) is 5.91 Å². The van der Waals surface area contributed by atoms with Gasteiger partial charge in [-0.3, -0.25) is 9.78 Å². The second-order valence-corrected chi connectivity index (χ2v) is 4.78. The Kier molecular flexibility index (Phi) is 4.42. The number of nitrogens with one attached hydrogen (secondary N) is 1. The summed E-state index contributed by atoms with van der Waals surface area (Å²) in [6.45, 7) is 1.79. The number of benzene rings is 1. The molecule has 0 aliphatic rings. The van der Waals surface area contributed by atoms with Gasteiger partial charge in [-0.2, -0.15) is 0 Å². The predicted octanol–water partition coefficient (Wildman–Crippen LogP) is 3.35. The van der Waals surface area contributed by atoms with Gasteiger partial charge in [-0.15, -0.1) is 0 Å². The maximum Gasteiger partial charge on any atom is 0.275 e. The van der Waals surface area contributed by atoms with Crippen molar-refractivity contribution in [1.29, 1.82) is 0 Å². The Hall–Kier alpha value is -1.85. The van der Waals surface area contributed by atoms with Crippen molar-refractivity contribution in [1.82, 2.24) is 9.97 Å². The molecule has 0 radical (unpaired) electrons. The summed E-state index contributed by atoms with van der Waals surface area (Å²) < 4.78 is 5.03. The first-order valence-corrected chi connectivity index (χ1v) is 6.40. The van der Waals surface area contributed by atoms with E-state index in [0.717, 1.165) is 5.69 Å². The number of halogens is 2. The van der Waals surface area contributed by atoms with E-state index in [1.807, 2.05) is 0 Å². The fourth-order valence-electron chi connectivity index (χ4n) is 1.53. The number of anilines is 1. The molecule has 1 heterocycles. The van der Waals surface area contributed by atoms with E-state index in [9.17, 15) is 4.79 Å². The lowest BCUT2D eigenvalue weighted by atomic mass is 10.3. The van der Waals surface area contributed by atoms with Gasteiger partial charge >= 0.3 is 0 Å². The van der Waals surface area contributed by atoms with Crippen LogP contribution in [0.1, 0.15) is 16.2 Å². The van der Waals surface area contributed by atoms with Crippen LogP contribution in [0.2, 0.25) is 10.0 Å². The number of aryl methyl sites for hydroxylation is 1.